The zero-order valence-corrected chi connectivity index (χ0v) is 20.4. The third kappa shape index (κ3) is 5.00. The van der Waals surface area contributed by atoms with Crippen LogP contribution in [0.3, 0.4) is 0 Å². The van der Waals surface area contributed by atoms with Crippen LogP contribution in [0.5, 0.6) is 5.75 Å². The molecule has 1 saturated heterocycles. The van der Waals surface area contributed by atoms with Crippen molar-refractivity contribution in [2.75, 3.05) is 37.5 Å². The summed E-state index contributed by atoms with van der Waals surface area (Å²) in [5.74, 6) is -0.516. The molecule has 3 aromatic carbocycles. The van der Waals surface area contributed by atoms with Gasteiger partial charge < -0.3 is 14.9 Å². The molecule has 0 saturated carbocycles. The number of phenols is 1. The zero-order chi connectivity index (χ0) is 25.2. The summed E-state index contributed by atoms with van der Waals surface area (Å²) in [7, 11) is -2.24. The number of aromatic hydroxyl groups is 1. The van der Waals surface area contributed by atoms with Crippen molar-refractivity contribution < 1.29 is 23.1 Å². The van der Waals surface area contributed by atoms with Gasteiger partial charge in [0.2, 0.25) is 0 Å². The second-order valence-corrected chi connectivity index (χ2v) is 10.4. The molecule has 3 aromatic rings. The average molecular weight is 494 g/mol. The van der Waals surface area contributed by atoms with Gasteiger partial charge in [-0.1, -0.05) is 29.8 Å². The van der Waals surface area contributed by atoms with Crippen LogP contribution in [0.4, 0.5) is 5.69 Å². The van der Waals surface area contributed by atoms with E-state index in [4.69, 9.17) is 0 Å². The van der Waals surface area contributed by atoms with Crippen LogP contribution >= 0.6 is 0 Å². The molecule has 9 heteroatoms. The number of benzene rings is 3. The first kappa shape index (κ1) is 24.3. The van der Waals surface area contributed by atoms with Crippen molar-refractivity contribution in [1.29, 1.82) is 0 Å². The van der Waals surface area contributed by atoms with Crippen molar-refractivity contribution in [3.05, 3.63) is 89.5 Å². The first-order valence-electron chi connectivity index (χ1n) is 11.2. The maximum Gasteiger partial charge on any atom is 0.264 e. The molecule has 1 fully saturated rings. The topological polar surface area (TPSA) is 98.2 Å². The van der Waals surface area contributed by atoms with E-state index in [1.54, 1.807) is 76.5 Å². The van der Waals surface area contributed by atoms with Gasteiger partial charge >= 0.3 is 0 Å². The van der Waals surface area contributed by atoms with E-state index in [9.17, 15) is 23.1 Å². The van der Waals surface area contributed by atoms with Gasteiger partial charge in [0, 0.05) is 38.8 Å². The Hall–Kier alpha value is -3.85. The fourth-order valence-corrected chi connectivity index (χ4v) is 5.14. The lowest BCUT2D eigenvalue weighted by molar-refractivity contribution is 0.0533. The lowest BCUT2D eigenvalue weighted by Crippen LogP contribution is -2.50. The molecule has 1 aliphatic heterocycles. The highest BCUT2D eigenvalue weighted by atomic mass is 32.2. The van der Waals surface area contributed by atoms with Gasteiger partial charge in [-0.2, -0.15) is 0 Å². The van der Waals surface area contributed by atoms with Crippen LogP contribution in [-0.4, -0.2) is 68.4 Å². The van der Waals surface area contributed by atoms with Crippen molar-refractivity contribution in [2.24, 2.45) is 0 Å². The number of amides is 2. The summed E-state index contributed by atoms with van der Waals surface area (Å²) in [6.45, 7) is 3.33. The number of phenolic OH excluding ortho intramolecular Hbond substituents is 1. The number of sulfonamides is 1. The van der Waals surface area contributed by atoms with E-state index in [-0.39, 0.29) is 28.0 Å². The number of piperazine rings is 1. The second-order valence-electron chi connectivity index (χ2n) is 8.43. The maximum atomic E-state index is 13.0. The number of anilines is 1. The Kier molecular flexibility index (Phi) is 6.79. The molecule has 0 unspecified atom stereocenters. The molecule has 1 aliphatic rings. The Labute approximate surface area is 205 Å². The molecule has 0 spiro atoms. The molecule has 4 rings (SSSR count). The minimum absolute atomic E-state index is 0.0644. The predicted molar refractivity (Wildman–Crippen MR) is 133 cm³/mol. The number of carbonyl (C=O) groups excluding carboxylic acids is 2. The van der Waals surface area contributed by atoms with Gasteiger partial charge in [-0.05, 0) is 55.5 Å². The van der Waals surface area contributed by atoms with E-state index >= 15 is 0 Å². The third-order valence-electron chi connectivity index (χ3n) is 6.15. The van der Waals surface area contributed by atoms with Crippen LogP contribution in [-0.2, 0) is 10.0 Å². The minimum Gasteiger partial charge on any atom is -0.507 e. The lowest BCUT2D eigenvalue weighted by atomic mass is 10.1. The van der Waals surface area contributed by atoms with Crippen molar-refractivity contribution in [2.45, 2.75) is 11.8 Å². The summed E-state index contributed by atoms with van der Waals surface area (Å²) in [5, 5.41) is 9.93. The summed E-state index contributed by atoms with van der Waals surface area (Å²) in [5.41, 5.74) is 2.10. The van der Waals surface area contributed by atoms with Crippen LogP contribution in [0, 0.1) is 6.92 Å². The van der Waals surface area contributed by atoms with Gasteiger partial charge in [0.05, 0.1) is 16.1 Å². The van der Waals surface area contributed by atoms with E-state index in [1.807, 2.05) is 6.92 Å². The molecular weight excluding hydrogens is 466 g/mol. The third-order valence-corrected chi connectivity index (χ3v) is 7.95. The smallest absolute Gasteiger partial charge is 0.264 e. The predicted octanol–water partition coefficient (Wildman–Crippen LogP) is 3.12. The molecule has 1 heterocycles. The standard InChI is InChI=1S/C26H27N3O5S/c1-19-7-13-22(14-8-19)35(33,34)27(2)21-11-9-20(10-12-21)25(31)28-15-17-29(18-16-28)26(32)23-5-3-4-6-24(23)30/h3-14,30H,15-18H2,1-2H3. The number of hydrogen-bond acceptors (Lipinski definition) is 5. The maximum absolute atomic E-state index is 13.0. The Balaban J connectivity index is 1.40. The Morgan fingerprint density at radius 2 is 1.34 bits per heavy atom. The molecule has 35 heavy (non-hydrogen) atoms. The number of rotatable bonds is 5. The van der Waals surface area contributed by atoms with Crippen molar-refractivity contribution >= 4 is 27.5 Å². The molecule has 0 radical (unpaired) electrons. The van der Waals surface area contributed by atoms with E-state index in [2.05, 4.69) is 0 Å². The summed E-state index contributed by atoms with van der Waals surface area (Å²) in [4.78, 5) is 29.1. The summed E-state index contributed by atoms with van der Waals surface area (Å²) in [6.07, 6.45) is 0. The highest BCUT2D eigenvalue weighted by Crippen LogP contribution is 2.24. The number of aryl methyl sites for hydroxylation is 1. The molecule has 182 valence electrons. The highest BCUT2D eigenvalue weighted by Gasteiger charge is 2.27. The number of para-hydroxylation sites is 1. The number of hydrogen-bond donors (Lipinski definition) is 1. The van der Waals surface area contributed by atoms with Gasteiger partial charge in [0.15, 0.2) is 0 Å². The van der Waals surface area contributed by atoms with Crippen LogP contribution in [0.1, 0.15) is 26.3 Å². The van der Waals surface area contributed by atoms with Crippen LogP contribution in [0.2, 0.25) is 0 Å². The summed E-state index contributed by atoms with van der Waals surface area (Å²) < 4.78 is 27.0. The Morgan fingerprint density at radius 1 is 0.800 bits per heavy atom. The molecule has 0 aliphatic carbocycles. The molecule has 0 bridgehead atoms. The minimum atomic E-state index is -3.72. The Bertz CT molecular complexity index is 1330. The van der Waals surface area contributed by atoms with Crippen molar-refractivity contribution in [1.82, 2.24) is 9.80 Å². The normalized spacial score (nSPS) is 14.0. The van der Waals surface area contributed by atoms with Crippen molar-refractivity contribution in [3.63, 3.8) is 0 Å². The van der Waals surface area contributed by atoms with Crippen LogP contribution < -0.4 is 4.31 Å². The molecular formula is C26H27N3O5S. The van der Waals surface area contributed by atoms with Gasteiger partial charge in [-0.3, -0.25) is 13.9 Å². The molecule has 1 N–H and O–H groups in total. The van der Waals surface area contributed by atoms with Crippen LogP contribution in [0.15, 0.2) is 77.7 Å². The molecule has 0 atom stereocenters. The fourth-order valence-electron chi connectivity index (χ4n) is 3.94. The van der Waals surface area contributed by atoms with Crippen LogP contribution in [0.25, 0.3) is 0 Å². The average Bonchev–Trinajstić information content (AvgIpc) is 2.88. The summed E-state index contributed by atoms with van der Waals surface area (Å²) >= 11 is 0. The van der Waals surface area contributed by atoms with Gasteiger partial charge in [-0.15, -0.1) is 0 Å². The molecule has 0 aromatic heterocycles. The summed E-state index contributed by atoms with van der Waals surface area (Å²) in [6, 6.07) is 19.5. The largest absolute Gasteiger partial charge is 0.507 e. The van der Waals surface area contributed by atoms with E-state index < -0.39 is 10.0 Å². The first-order valence-corrected chi connectivity index (χ1v) is 12.6. The van der Waals surface area contributed by atoms with E-state index in [1.165, 1.54) is 17.4 Å². The molecule has 8 nitrogen and oxygen atoms in total. The fraction of sp³-hybridized carbons (Fsp3) is 0.231. The SMILES string of the molecule is Cc1ccc(S(=O)(=O)N(C)c2ccc(C(=O)N3CCN(C(=O)c4ccccc4O)CC3)cc2)cc1. The Morgan fingerprint density at radius 3 is 1.91 bits per heavy atom. The monoisotopic (exact) mass is 493 g/mol. The number of carbonyl (C=O) groups is 2. The van der Waals surface area contributed by atoms with Crippen molar-refractivity contribution in [3.8, 4) is 5.75 Å². The van der Waals surface area contributed by atoms with Gasteiger partial charge in [0.1, 0.15) is 5.75 Å². The molecule has 2 amide bonds. The quantitative estimate of drug-likeness (QED) is 0.589. The highest BCUT2D eigenvalue weighted by molar-refractivity contribution is 7.92. The number of nitrogens with zero attached hydrogens (tertiary/aromatic N) is 3. The van der Waals surface area contributed by atoms with Gasteiger partial charge in [0.25, 0.3) is 21.8 Å². The first-order chi connectivity index (χ1) is 16.7. The van der Waals surface area contributed by atoms with E-state index in [0.29, 0.717) is 37.4 Å². The lowest BCUT2D eigenvalue weighted by Gasteiger charge is -2.35. The zero-order valence-electron chi connectivity index (χ0n) is 19.6. The van der Waals surface area contributed by atoms with Gasteiger partial charge in [-0.25, -0.2) is 8.42 Å². The second kappa shape index (κ2) is 9.79. The van der Waals surface area contributed by atoms with E-state index in [0.717, 1.165) is 5.56 Å².